The summed E-state index contributed by atoms with van der Waals surface area (Å²) in [7, 11) is 0. The van der Waals surface area contributed by atoms with Crippen LogP contribution < -0.4 is 5.32 Å². The molecule has 2 rings (SSSR count). The van der Waals surface area contributed by atoms with Gasteiger partial charge in [-0.1, -0.05) is 0 Å². The van der Waals surface area contributed by atoms with Crippen LogP contribution in [0.3, 0.4) is 0 Å². The van der Waals surface area contributed by atoms with Crippen LogP contribution in [0.15, 0.2) is 6.20 Å². The van der Waals surface area contributed by atoms with E-state index in [1.165, 1.54) is 12.8 Å². The first-order valence-electron chi connectivity index (χ1n) is 5.69. The zero-order valence-electron chi connectivity index (χ0n) is 9.49. The van der Waals surface area contributed by atoms with Crippen molar-refractivity contribution in [1.82, 2.24) is 9.55 Å². The Balaban J connectivity index is 2.04. The molecule has 0 amide bonds. The van der Waals surface area contributed by atoms with Crippen molar-refractivity contribution in [2.45, 2.75) is 39.3 Å². The number of nitrogens with one attached hydrogen (secondary N) is 1. The van der Waals surface area contributed by atoms with Crippen LogP contribution in [0.25, 0.3) is 0 Å². The number of hydrogen-bond donors (Lipinski definition) is 1. The zero-order chi connectivity index (χ0) is 10.7. The number of nitrogens with zero attached hydrogens (tertiary/aromatic N) is 2. The van der Waals surface area contributed by atoms with E-state index < -0.39 is 0 Å². The van der Waals surface area contributed by atoms with Crippen LogP contribution in [0.5, 0.6) is 0 Å². The van der Waals surface area contributed by atoms with Gasteiger partial charge in [-0.3, -0.25) is 0 Å². The summed E-state index contributed by atoms with van der Waals surface area (Å²) >= 11 is 0. The maximum Gasteiger partial charge on any atom is 0.203 e. The molecular weight excluding hydrogens is 190 g/mol. The summed E-state index contributed by atoms with van der Waals surface area (Å²) < 4.78 is 7.78. The standard InChI is InChI=1S/C11H19N3O/c1-3-12-11-13-9(2)7-14(11)8-10-5-4-6-15-10/h7,10H,3-6,8H2,1-2H3,(H,12,13). The Morgan fingerprint density at radius 1 is 1.67 bits per heavy atom. The van der Waals surface area contributed by atoms with E-state index in [1.807, 2.05) is 6.92 Å². The summed E-state index contributed by atoms with van der Waals surface area (Å²) in [6, 6.07) is 0. The molecule has 0 bridgehead atoms. The minimum Gasteiger partial charge on any atom is -0.376 e. The van der Waals surface area contributed by atoms with Crippen LogP contribution >= 0.6 is 0 Å². The van der Waals surface area contributed by atoms with Gasteiger partial charge in [0.25, 0.3) is 0 Å². The van der Waals surface area contributed by atoms with Gasteiger partial charge in [0.1, 0.15) is 0 Å². The topological polar surface area (TPSA) is 39.1 Å². The number of imidazole rings is 1. The van der Waals surface area contributed by atoms with Gasteiger partial charge in [-0.15, -0.1) is 0 Å². The monoisotopic (exact) mass is 209 g/mol. The predicted molar refractivity (Wildman–Crippen MR) is 60.1 cm³/mol. The highest BCUT2D eigenvalue weighted by molar-refractivity contribution is 5.28. The number of anilines is 1. The van der Waals surface area contributed by atoms with E-state index >= 15 is 0 Å². The maximum absolute atomic E-state index is 5.62. The Morgan fingerprint density at radius 2 is 2.53 bits per heavy atom. The predicted octanol–water partition coefficient (Wildman–Crippen LogP) is 1.80. The lowest BCUT2D eigenvalue weighted by atomic mass is 10.2. The largest absolute Gasteiger partial charge is 0.376 e. The lowest BCUT2D eigenvalue weighted by Gasteiger charge is -2.12. The highest BCUT2D eigenvalue weighted by Crippen LogP contribution is 2.17. The molecule has 0 radical (unpaired) electrons. The van der Waals surface area contributed by atoms with E-state index in [2.05, 4.69) is 28.0 Å². The van der Waals surface area contributed by atoms with Crippen LogP contribution in [0.1, 0.15) is 25.5 Å². The van der Waals surface area contributed by atoms with E-state index in [9.17, 15) is 0 Å². The third-order valence-electron chi connectivity index (χ3n) is 2.66. The normalized spacial score (nSPS) is 20.8. The molecule has 1 aromatic heterocycles. The van der Waals surface area contributed by atoms with Gasteiger partial charge in [0.15, 0.2) is 0 Å². The van der Waals surface area contributed by atoms with Crippen LogP contribution in [0, 0.1) is 6.92 Å². The highest BCUT2D eigenvalue weighted by atomic mass is 16.5. The number of ether oxygens (including phenoxy) is 1. The Morgan fingerprint density at radius 3 is 3.20 bits per heavy atom. The molecule has 1 atom stereocenters. The van der Waals surface area contributed by atoms with Crippen molar-refractivity contribution in [3.63, 3.8) is 0 Å². The van der Waals surface area contributed by atoms with E-state index in [-0.39, 0.29) is 0 Å². The second-order valence-electron chi connectivity index (χ2n) is 4.02. The second kappa shape index (κ2) is 4.66. The summed E-state index contributed by atoms with van der Waals surface area (Å²) in [5, 5.41) is 3.27. The second-order valence-corrected chi connectivity index (χ2v) is 4.02. The molecule has 1 unspecified atom stereocenters. The summed E-state index contributed by atoms with van der Waals surface area (Å²) in [6.07, 6.45) is 4.81. The molecular formula is C11H19N3O. The summed E-state index contributed by atoms with van der Waals surface area (Å²) in [6.45, 7) is 6.84. The number of rotatable bonds is 4. The minimum absolute atomic E-state index is 0.371. The first-order valence-corrected chi connectivity index (χ1v) is 5.69. The molecule has 0 aliphatic carbocycles. The Kier molecular flexibility index (Phi) is 3.26. The van der Waals surface area contributed by atoms with Crippen molar-refractivity contribution in [3.05, 3.63) is 11.9 Å². The maximum atomic E-state index is 5.62. The molecule has 1 fully saturated rings. The first-order chi connectivity index (χ1) is 7.29. The average Bonchev–Trinajstić information content (AvgIpc) is 2.78. The molecule has 0 spiro atoms. The summed E-state index contributed by atoms with van der Waals surface area (Å²) in [5.74, 6) is 0.963. The molecule has 1 aliphatic heterocycles. The third kappa shape index (κ3) is 2.50. The van der Waals surface area contributed by atoms with E-state index in [4.69, 9.17) is 4.74 Å². The Labute approximate surface area is 90.6 Å². The quantitative estimate of drug-likeness (QED) is 0.822. The molecule has 1 saturated heterocycles. The van der Waals surface area contributed by atoms with Crippen LogP contribution in [-0.4, -0.2) is 28.8 Å². The van der Waals surface area contributed by atoms with Gasteiger partial charge in [0.2, 0.25) is 5.95 Å². The fourth-order valence-electron chi connectivity index (χ4n) is 1.99. The van der Waals surface area contributed by atoms with Gasteiger partial charge >= 0.3 is 0 Å². The smallest absolute Gasteiger partial charge is 0.203 e. The molecule has 0 aromatic carbocycles. The lowest BCUT2D eigenvalue weighted by molar-refractivity contribution is 0.0974. The van der Waals surface area contributed by atoms with Crippen molar-refractivity contribution in [1.29, 1.82) is 0 Å². The number of hydrogen-bond acceptors (Lipinski definition) is 3. The molecule has 1 aromatic rings. The van der Waals surface area contributed by atoms with E-state index in [0.717, 1.165) is 31.3 Å². The summed E-state index contributed by atoms with van der Waals surface area (Å²) in [5.41, 5.74) is 1.06. The molecule has 1 N–H and O–H groups in total. The molecule has 4 nitrogen and oxygen atoms in total. The molecule has 15 heavy (non-hydrogen) atoms. The van der Waals surface area contributed by atoms with Crippen molar-refractivity contribution in [2.24, 2.45) is 0 Å². The lowest BCUT2D eigenvalue weighted by Crippen LogP contribution is -2.16. The van der Waals surface area contributed by atoms with Crippen molar-refractivity contribution in [2.75, 3.05) is 18.5 Å². The van der Waals surface area contributed by atoms with Gasteiger partial charge in [0, 0.05) is 19.3 Å². The molecule has 0 saturated carbocycles. The van der Waals surface area contributed by atoms with Gasteiger partial charge in [0.05, 0.1) is 18.3 Å². The molecule has 84 valence electrons. The van der Waals surface area contributed by atoms with Gasteiger partial charge < -0.3 is 14.6 Å². The van der Waals surface area contributed by atoms with E-state index in [1.54, 1.807) is 0 Å². The zero-order valence-corrected chi connectivity index (χ0v) is 9.49. The minimum atomic E-state index is 0.371. The average molecular weight is 209 g/mol. The van der Waals surface area contributed by atoms with Crippen molar-refractivity contribution < 1.29 is 4.74 Å². The Bertz CT molecular complexity index is 316. The van der Waals surface area contributed by atoms with Crippen molar-refractivity contribution in [3.8, 4) is 0 Å². The van der Waals surface area contributed by atoms with Crippen LogP contribution in [0.2, 0.25) is 0 Å². The number of aromatic nitrogens is 2. The van der Waals surface area contributed by atoms with Crippen LogP contribution in [0.4, 0.5) is 5.95 Å². The van der Waals surface area contributed by atoms with Gasteiger partial charge in [-0.2, -0.15) is 0 Å². The highest BCUT2D eigenvalue weighted by Gasteiger charge is 2.17. The fourth-order valence-corrected chi connectivity index (χ4v) is 1.99. The van der Waals surface area contributed by atoms with Gasteiger partial charge in [-0.05, 0) is 26.7 Å². The van der Waals surface area contributed by atoms with E-state index in [0.29, 0.717) is 6.10 Å². The molecule has 1 aliphatic rings. The number of aryl methyl sites for hydroxylation is 1. The van der Waals surface area contributed by atoms with Gasteiger partial charge in [-0.25, -0.2) is 4.98 Å². The SMILES string of the molecule is CCNc1nc(C)cn1CC1CCCO1. The van der Waals surface area contributed by atoms with Crippen LogP contribution in [-0.2, 0) is 11.3 Å². The van der Waals surface area contributed by atoms with Crippen molar-refractivity contribution >= 4 is 5.95 Å². The fraction of sp³-hybridized carbons (Fsp3) is 0.727. The molecule has 2 heterocycles. The first kappa shape index (κ1) is 10.5. The molecule has 4 heteroatoms. The summed E-state index contributed by atoms with van der Waals surface area (Å²) in [4.78, 5) is 4.44. The Hall–Kier alpha value is -1.03. The third-order valence-corrected chi connectivity index (χ3v) is 2.66.